The second kappa shape index (κ2) is 13.3. The van der Waals surface area contributed by atoms with Gasteiger partial charge in [0, 0.05) is 33.3 Å². The molecule has 4 rings (SSSR count). The van der Waals surface area contributed by atoms with Gasteiger partial charge in [-0.25, -0.2) is 0 Å². The minimum atomic E-state index is 0.192. The van der Waals surface area contributed by atoms with E-state index in [0.29, 0.717) is 18.4 Å². The maximum absolute atomic E-state index is 6.66. The Labute approximate surface area is 216 Å². The molecular weight excluding hydrogens is 454 g/mol. The summed E-state index contributed by atoms with van der Waals surface area (Å²) in [6.45, 7) is 6.15. The predicted octanol–water partition coefficient (Wildman–Crippen LogP) is 5.82. The van der Waals surface area contributed by atoms with Crippen molar-refractivity contribution in [2.45, 2.75) is 63.8 Å². The highest BCUT2D eigenvalue weighted by molar-refractivity contribution is 5.61. The van der Waals surface area contributed by atoms with E-state index in [1.54, 1.807) is 14.2 Å². The van der Waals surface area contributed by atoms with Gasteiger partial charge in [0.2, 0.25) is 0 Å². The molecule has 0 aromatic heterocycles. The molecule has 6 nitrogen and oxygen atoms in total. The van der Waals surface area contributed by atoms with Gasteiger partial charge in [0.05, 0.1) is 38.2 Å². The molecule has 6 heteroatoms. The molecule has 0 saturated heterocycles. The first kappa shape index (κ1) is 26.8. The highest BCUT2D eigenvalue weighted by Crippen LogP contribution is 2.41. The van der Waals surface area contributed by atoms with E-state index in [-0.39, 0.29) is 12.2 Å². The molecule has 36 heavy (non-hydrogen) atoms. The van der Waals surface area contributed by atoms with E-state index in [1.807, 2.05) is 7.11 Å². The number of anilines is 1. The van der Waals surface area contributed by atoms with E-state index in [9.17, 15) is 0 Å². The molecule has 1 heterocycles. The van der Waals surface area contributed by atoms with Crippen LogP contribution in [0.4, 0.5) is 5.69 Å². The molecule has 1 aliphatic carbocycles. The molecular formula is C30H43NO5. The molecule has 2 aromatic carbocycles. The normalized spacial score (nSPS) is 22.6. The smallest absolute Gasteiger partial charge is 0.142 e. The number of ether oxygens (including phenoxy) is 5. The molecule has 1 saturated carbocycles. The molecule has 1 fully saturated rings. The Balaban J connectivity index is 1.45. The van der Waals surface area contributed by atoms with Crippen molar-refractivity contribution < 1.29 is 23.7 Å². The van der Waals surface area contributed by atoms with E-state index >= 15 is 0 Å². The fraction of sp³-hybridized carbons (Fsp3) is 0.600. The van der Waals surface area contributed by atoms with Crippen molar-refractivity contribution in [1.82, 2.24) is 0 Å². The molecule has 2 aromatic rings. The van der Waals surface area contributed by atoms with Crippen LogP contribution in [-0.2, 0) is 20.8 Å². The maximum Gasteiger partial charge on any atom is 0.142 e. The van der Waals surface area contributed by atoms with Crippen LogP contribution < -0.4 is 14.4 Å². The Hall–Kier alpha value is -2.28. The largest absolute Gasteiger partial charge is 0.497 e. The molecule has 0 unspecified atom stereocenters. The van der Waals surface area contributed by atoms with Crippen LogP contribution in [0.1, 0.15) is 56.1 Å². The Bertz CT molecular complexity index is 933. The van der Waals surface area contributed by atoms with E-state index in [2.05, 4.69) is 54.3 Å². The van der Waals surface area contributed by atoms with E-state index in [1.165, 1.54) is 23.2 Å². The summed E-state index contributed by atoms with van der Waals surface area (Å²) < 4.78 is 28.8. The van der Waals surface area contributed by atoms with Gasteiger partial charge in [-0.2, -0.15) is 0 Å². The van der Waals surface area contributed by atoms with Crippen LogP contribution in [0.2, 0.25) is 0 Å². The first-order valence-corrected chi connectivity index (χ1v) is 13.4. The van der Waals surface area contributed by atoms with Crippen LogP contribution in [0, 0.1) is 5.92 Å². The Morgan fingerprint density at radius 2 is 1.89 bits per heavy atom. The Morgan fingerprint density at radius 3 is 2.64 bits per heavy atom. The van der Waals surface area contributed by atoms with Crippen molar-refractivity contribution in [2.24, 2.45) is 5.92 Å². The van der Waals surface area contributed by atoms with Gasteiger partial charge in [0.25, 0.3) is 0 Å². The average molecular weight is 498 g/mol. The quantitative estimate of drug-likeness (QED) is 0.344. The van der Waals surface area contributed by atoms with Crippen LogP contribution in [0.25, 0.3) is 0 Å². The van der Waals surface area contributed by atoms with Gasteiger partial charge in [0.1, 0.15) is 18.1 Å². The molecule has 1 aliphatic heterocycles. The van der Waals surface area contributed by atoms with Crippen LogP contribution in [0.3, 0.4) is 0 Å². The standard InChI is InChI=1S/C30H43NO5/c1-22(33-3)18-23-6-12-29(27(19-23)25-8-10-26(34-4)11-9-25)36-21-24-7-13-30-28(20-24)31(15-17-35-30)14-5-16-32-2/h7-11,13,20,22-23,27,29H,5-6,12,14-19,21H2,1-4H3/t22-,23+,27-,29+/m1/s1. The fourth-order valence-corrected chi connectivity index (χ4v) is 5.65. The molecule has 0 N–H and O–H groups in total. The lowest BCUT2D eigenvalue weighted by molar-refractivity contribution is -0.0154. The van der Waals surface area contributed by atoms with E-state index in [0.717, 1.165) is 63.5 Å². The third kappa shape index (κ3) is 6.93. The van der Waals surface area contributed by atoms with Gasteiger partial charge in [-0.1, -0.05) is 18.2 Å². The number of nitrogens with zero attached hydrogens (tertiary/aromatic N) is 1. The summed E-state index contributed by atoms with van der Waals surface area (Å²) in [6, 6.07) is 15.0. The highest BCUT2D eigenvalue weighted by atomic mass is 16.5. The highest BCUT2D eigenvalue weighted by Gasteiger charge is 2.33. The molecule has 0 spiro atoms. The zero-order chi connectivity index (χ0) is 25.3. The van der Waals surface area contributed by atoms with Gasteiger partial charge in [0.15, 0.2) is 0 Å². The number of hydrogen-bond acceptors (Lipinski definition) is 6. The van der Waals surface area contributed by atoms with Gasteiger partial charge < -0.3 is 28.6 Å². The maximum atomic E-state index is 6.66. The summed E-state index contributed by atoms with van der Waals surface area (Å²) >= 11 is 0. The zero-order valence-corrected chi connectivity index (χ0v) is 22.4. The molecule has 198 valence electrons. The number of rotatable bonds is 12. The number of fused-ring (bicyclic) bond motifs is 1. The van der Waals surface area contributed by atoms with E-state index in [4.69, 9.17) is 23.7 Å². The van der Waals surface area contributed by atoms with Crippen molar-refractivity contribution >= 4 is 5.69 Å². The fourth-order valence-electron chi connectivity index (χ4n) is 5.65. The van der Waals surface area contributed by atoms with Crippen molar-refractivity contribution in [3.8, 4) is 11.5 Å². The Morgan fingerprint density at radius 1 is 1.06 bits per heavy atom. The van der Waals surface area contributed by atoms with Crippen LogP contribution in [0.15, 0.2) is 42.5 Å². The van der Waals surface area contributed by atoms with Crippen molar-refractivity contribution in [3.05, 3.63) is 53.6 Å². The van der Waals surface area contributed by atoms with Crippen LogP contribution in [0.5, 0.6) is 11.5 Å². The lowest BCUT2D eigenvalue weighted by Gasteiger charge is -2.37. The van der Waals surface area contributed by atoms with Crippen molar-refractivity contribution in [1.29, 1.82) is 0 Å². The van der Waals surface area contributed by atoms with Gasteiger partial charge >= 0.3 is 0 Å². The Kier molecular flexibility index (Phi) is 9.90. The van der Waals surface area contributed by atoms with Crippen molar-refractivity contribution in [2.75, 3.05) is 52.5 Å². The van der Waals surface area contributed by atoms with Gasteiger partial charge in [-0.3, -0.25) is 0 Å². The van der Waals surface area contributed by atoms with Crippen LogP contribution in [-0.4, -0.2) is 59.8 Å². The average Bonchev–Trinajstić information content (AvgIpc) is 2.92. The second-order valence-electron chi connectivity index (χ2n) is 10.2. The number of methoxy groups -OCH3 is 3. The lowest BCUT2D eigenvalue weighted by Crippen LogP contribution is -2.34. The first-order valence-electron chi connectivity index (χ1n) is 13.4. The monoisotopic (exact) mass is 497 g/mol. The van der Waals surface area contributed by atoms with Gasteiger partial charge in [-0.15, -0.1) is 0 Å². The molecule has 0 amide bonds. The summed E-state index contributed by atoms with van der Waals surface area (Å²) in [5, 5.41) is 0. The van der Waals surface area contributed by atoms with E-state index < -0.39 is 0 Å². The zero-order valence-electron chi connectivity index (χ0n) is 22.4. The minimum Gasteiger partial charge on any atom is -0.497 e. The molecule has 0 bridgehead atoms. The summed E-state index contributed by atoms with van der Waals surface area (Å²) in [7, 11) is 5.28. The van der Waals surface area contributed by atoms with Crippen molar-refractivity contribution in [3.63, 3.8) is 0 Å². The third-order valence-electron chi connectivity index (χ3n) is 7.73. The topological polar surface area (TPSA) is 49.4 Å². The third-order valence-corrected chi connectivity index (χ3v) is 7.73. The summed E-state index contributed by atoms with van der Waals surface area (Å²) in [5.74, 6) is 2.87. The summed E-state index contributed by atoms with van der Waals surface area (Å²) in [5.41, 5.74) is 3.70. The molecule has 0 radical (unpaired) electrons. The lowest BCUT2D eigenvalue weighted by atomic mass is 9.74. The molecule has 2 aliphatic rings. The predicted molar refractivity (Wildman–Crippen MR) is 143 cm³/mol. The SMILES string of the molecule is COCCCN1CCOc2ccc(CO[C@H]3CC[C@@H](C[C@@H](C)OC)C[C@@H]3c3ccc(OC)cc3)cc21. The minimum absolute atomic E-state index is 0.192. The number of benzene rings is 2. The second-order valence-corrected chi connectivity index (χ2v) is 10.2. The van der Waals surface area contributed by atoms with Crippen LogP contribution >= 0.6 is 0 Å². The summed E-state index contributed by atoms with van der Waals surface area (Å²) in [6.07, 6.45) is 5.94. The van der Waals surface area contributed by atoms with Gasteiger partial charge in [-0.05, 0) is 80.3 Å². The molecule has 4 atom stereocenters. The first-order chi connectivity index (χ1) is 17.6. The number of hydrogen-bond donors (Lipinski definition) is 0. The summed E-state index contributed by atoms with van der Waals surface area (Å²) in [4.78, 5) is 2.41.